The van der Waals surface area contributed by atoms with E-state index in [0.717, 1.165) is 37.7 Å². The van der Waals surface area contributed by atoms with Crippen molar-refractivity contribution in [3.05, 3.63) is 59.3 Å². The topological polar surface area (TPSA) is 126 Å². The molecular weight excluding hydrogens is 489 g/mol. The second kappa shape index (κ2) is 9.79. The molecule has 192 valence electrons. The molecule has 1 unspecified atom stereocenters. The van der Waals surface area contributed by atoms with Crippen LogP contribution in [0, 0.1) is 18.3 Å². The number of nitrogens with zero attached hydrogens (tertiary/aromatic N) is 7. The quantitative estimate of drug-likeness (QED) is 0.403. The van der Waals surface area contributed by atoms with Crippen LogP contribution in [0.5, 0.6) is 5.75 Å². The van der Waals surface area contributed by atoms with Gasteiger partial charge in [-0.05, 0) is 45.0 Å². The summed E-state index contributed by atoms with van der Waals surface area (Å²) in [7, 11) is 0. The van der Waals surface area contributed by atoms with E-state index in [0.29, 0.717) is 23.0 Å². The predicted molar refractivity (Wildman–Crippen MR) is 124 cm³/mol. The van der Waals surface area contributed by atoms with Crippen LogP contribution in [0.25, 0.3) is 16.8 Å². The van der Waals surface area contributed by atoms with E-state index in [1.807, 2.05) is 17.7 Å². The molecule has 0 saturated carbocycles. The van der Waals surface area contributed by atoms with E-state index in [1.54, 1.807) is 12.3 Å². The summed E-state index contributed by atoms with van der Waals surface area (Å²) >= 11 is 0. The number of ether oxygens (including phenoxy) is 1. The van der Waals surface area contributed by atoms with Gasteiger partial charge in [0.15, 0.2) is 0 Å². The van der Waals surface area contributed by atoms with E-state index < -0.39 is 24.5 Å². The number of hydrogen-bond donors (Lipinski definition) is 2. The molecular formula is C24H23F3N8O2. The van der Waals surface area contributed by atoms with Crippen LogP contribution in [0.4, 0.5) is 13.2 Å². The second-order valence-corrected chi connectivity index (χ2v) is 8.80. The van der Waals surface area contributed by atoms with Crippen LogP contribution >= 0.6 is 0 Å². The molecule has 13 heteroatoms. The van der Waals surface area contributed by atoms with E-state index in [4.69, 9.17) is 4.74 Å². The highest BCUT2D eigenvalue weighted by Crippen LogP contribution is 2.35. The summed E-state index contributed by atoms with van der Waals surface area (Å²) in [6.07, 6.45) is 1.02. The van der Waals surface area contributed by atoms with Crippen LogP contribution in [-0.4, -0.2) is 54.4 Å². The van der Waals surface area contributed by atoms with Crippen LogP contribution in [0.15, 0.2) is 36.9 Å². The number of rotatable bonds is 6. The summed E-state index contributed by atoms with van der Waals surface area (Å²) in [5.74, 6) is 0.152. The number of aliphatic hydroxyl groups is 1. The normalized spacial score (nSPS) is 15.6. The first-order chi connectivity index (χ1) is 17.8. The molecule has 1 fully saturated rings. The Morgan fingerprint density at radius 1 is 1.24 bits per heavy atom. The van der Waals surface area contributed by atoms with Gasteiger partial charge in [0, 0.05) is 29.7 Å². The SMILES string of the molecule is Cc1c(-c2cc(OC(CO)c3cncc(C(F)(F)F)c3)c3c(C#N)cnn3c2)nnn1C1CCNCC1. The molecule has 5 rings (SSSR count). The molecule has 0 spiro atoms. The first kappa shape index (κ1) is 24.7. The van der Waals surface area contributed by atoms with Crippen molar-refractivity contribution < 1.29 is 23.0 Å². The van der Waals surface area contributed by atoms with Crippen LogP contribution < -0.4 is 10.1 Å². The Hall–Kier alpha value is -4.02. The van der Waals surface area contributed by atoms with Crippen molar-refractivity contribution in [1.29, 1.82) is 5.26 Å². The lowest BCUT2D eigenvalue weighted by molar-refractivity contribution is -0.137. The van der Waals surface area contributed by atoms with Gasteiger partial charge in [0.2, 0.25) is 0 Å². The fraction of sp³-hybridized carbons (Fsp3) is 0.375. The van der Waals surface area contributed by atoms with Gasteiger partial charge < -0.3 is 15.2 Å². The highest BCUT2D eigenvalue weighted by molar-refractivity contribution is 5.74. The minimum absolute atomic E-state index is 0.0342. The highest BCUT2D eigenvalue weighted by Gasteiger charge is 2.32. The minimum Gasteiger partial charge on any atom is -0.481 e. The van der Waals surface area contributed by atoms with Gasteiger partial charge >= 0.3 is 6.18 Å². The van der Waals surface area contributed by atoms with Crippen molar-refractivity contribution in [3.8, 4) is 23.1 Å². The number of nitriles is 1. The van der Waals surface area contributed by atoms with Crippen molar-refractivity contribution in [3.63, 3.8) is 0 Å². The Morgan fingerprint density at radius 2 is 2.03 bits per heavy atom. The summed E-state index contributed by atoms with van der Waals surface area (Å²) in [5, 5.41) is 35.9. The van der Waals surface area contributed by atoms with Crippen molar-refractivity contribution in [2.75, 3.05) is 19.7 Å². The van der Waals surface area contributed by atoms with Crippen LogP contribution in [-0.2, 0) is 6.18 Å². The summed E-state index contributed by atoms with van der Waals surface area (Å²) in [6.45, 7) is 3.07. The molecule has 1 aliphatic rings. The van der Waals surface area contributed by atoms with Gasteiger partial charge in [-0.2, -0.15) is 23.5 Å². The number of alkyl halides is 3. The summed E-state index contributed by atoms with van der Waals surface area (Å²) in [6, 6.07) is 4.77. The predicted octanol–water partition coefficient (Wildman–Crippen LogP) is 3.22. The second-order valence-electron chi connectivity index (χ2n) is 8.80. The van der Waals surface area contributed by atoms with E-state index in [-0.39, 0.29) is 22.9 Å². The lowest BCUT2D eigenvalue weighted by atomic mass is 10.1. The molecule has 0 bridgehead atoms. The van der Waals surface area contributed by atoms with Gasteiger partial charge in [-0.15, -0.1) is 5.10 Å². The zero-order valence-electron chi connectivity index (χ0n) is 19.8. The van der Waals surface area contributed by atoms with E-state index in [2.05, 4.69) is 25.7 Å². The van der Waals surface area contributed by atoms with Gasteiger partial charge in [0.25, 0.3) is 0 Å². The number of pyridine rings is 2. The zero-order chi connectivity index (χ0) is 26.2. The molecule has 4 aromatic rings. The number of fused-ring (bicyclic) bond motifs is 1. The minimum atomic E-state index is -4.60. The number of piperidine rings is 1. The Labute approximate surface area is 209 Å². The third kappa shape index (κ3) is 4.73. The van der Waals surface area contributed by atoms with Crippen molar-refractivity contribution in [1.82, 2.24) is 34.9 Å². The summed E-state index contributed by atoms with van der Waals surface area (Å²) in [4.78, 5) is 3.66. The maximum atomic E-state index is 13.2. The van der Waals surface area contributed by atoms with E-state index in [1.165, 1.54) is 16.9 Å². The number of nitrogens with one attached hydrogen (secondary N) is 1. The number of aliphatic hydroxyl groups excluding tert-OH is 1. The van der Waals surface area contributed by atoms with Crippen molar-refractivity contribution in [2.45, 2.75) is 38.1 Å². The largest absolute Gasteiger partial charge is 0.481 e. The average molecular weight is 512 g/mol. The molecule has 0 amide bonds. The lowest BCUT2D eigenvalue weighted by Gasteiger charge is -2.23. The Balaban J connectivity index is 1.56. The third-order valence-corrected chi connectivity index (χ3v) is 6.45. The van der Waals surface area contributed by atoms with Crippen LogP contribution in [0.1, 0.15) is 47.4 Å². The molecule has 2 N–H and O–H groups in total. The molecule has 5 heterocycles. The molecule has 10 nitrogen and oxygen atoms in total. The molecule has 0 aliphatic carbocycles. The molecule has 0 aromatic carbocycles. The molecule has 37 heavy (non-hydrogen) atoms. The number of hydrogen-bond acceptors (Lipinski definition) is 8. The zero-order valence-corrected chi connectivity index (χ0v) is 19.8. The average Bonchev–Trinajstić information content (AvgIpc) is 3.50. The summed E-state index contributed by atoms with van der Waals surface area (Å²) in [5.41, 5.74) is 1.60. The molecule has 1 atom stereocenters. The van der Waals surface area contributed by atoms with E-state index >= 15 is 0 Å². The van der Waals surface area contributed by atoms with Crippen molar-refractivity contribution in [2.24, 2.45) is 0 Å². The number of aromatic nitrogens is 6. The molecule has 0 radical (unpaired) electrons. The standard InChI is InChI=1S/C24H23F3N8O2/c1-14-22(32-33-35(14)19-2-4-29-5-3-19)16-7-20(23-17(8-28)10-31-34(23)12-16)37-21(13-36)15-6-18(11-30-9-15)24(25,26)27/h6-7,9-12,19,21,29,36H,2-5,13H2,1H3. The smallest absolute Gasteiger partial charge is 0.417 e. The van der Waals surface area contributed by atoms with Crippen LogP contribution in [0.2, 0.25) is 0 Å². The summed E-state index contributed by atoms with van der Waals surface area (Å²) < 4.78 is 49.1. The van der Waals surface area contributed by atoms with Gasteiger partial charge in [-0.25, -0.2) is 9.20 Å². The van der Waals surface area contributed by atoms with Gasteiger partial charge in [-0.1, -0.05) is 5.21 Å². The molecule has 1 saturated heterocycles. The fourth-order valence-corrected chi connectivity index (χ4v) is 4.54. The lowest BCUT2D eigenvalue weighted by Crippen LogP contribution is -2.30. The first-order valence-electron chi connectivity index (χ1n) is 11.6. The van der Waals surface area contributed by atoms with Gasteiger partial charge in [0.05, 0.1) is 30.1 Å². The Bertz CT molecular complexity index is 1470. The highest BCUT2D eigenvalue weighted by atomic mass is 19.4. The van der Waals surface area contributed by atoms with Crippen molar-refractivity contribution >= 4 is 5.52 Å². The fourth-order valence-electron chi connectivity index (χ4n) is 4.54. The monoisotopic (exact) mass is 512 g/mol. The van der Waals surface area contributed by atoms with Gasteiger partial charge in [-0.3, -0.25) is 4.98 Å². The molecule has 1 aliphatic heterocycles. The third-order valence-electron chi connectivity index (χ3n) is 6.45. The van der Waals surface area contributed by atoms with Gasteiger partial charge in [0.1, 0.15) is 34.7 Å². The Kier molecular flexibility index (Phi) is 6.53. The first-order valence-corrected chi connectivity index (χ1v) is 11.6. The maximum absolute atomic E-state index is 13.2. The number of halogens is 3. The Morgan fingerprint density at radius 3 is 2.73 bits per heavy atom. The maximum Gasteiger partial charge on any atom is 0.417 e. The molecule has 4 aromatic heterocycles. The van der Waals surface area contributed by atoms with Crippen LogP contribution in [0.3, 0.4) is 0 Å². The van der Waals surface area contributed by atoms with E-state index in [9.17, 15) is 23.5 Å².